The number of nitrogen functional groups attached to an aromatic ring is 1. The highest BCUT2D eigenvalue weighted by molar-refractivity contribution is 6.01. The molecule has 0 aliphatic carbocycles. The highest BCUT2D eigenvalue weighted by atomic mass is 16.5. The fraction of sp³-hybridized carbons (Fsp3) is 0.350. The minimum Gasteiger partial charge on any atom is -0.480 e. The lowest BCUT2D eigenvalue weighted by atomic mass is 9.94. The molecule has 0 fully saturated rings. The van der Waals surface area contributed by atoms with Crippen LogP contribution in [0.4, 0.5) is 5.69 Å². The number of rotatable bonds is 6. The number of aryl methyl sites for hydroxylation is 3. The standard InChI is InChI=1S/C20H25NO2/c1-5-8-19(23-18-10-7-6-9-17(18)21)20(22)16-12-14(3)13(2)11-15(16)4/h6-7,9-12,19H,5,8,21H2,1-4H3. The summed E-state index contributed by atoms with van der Waals surface area (Å²) in [5.74, 6) is 0.594. The van der Waals surface area contributed by atoms with Crippen molar-refractivity contribution in [1.29, 1.82) is 0 Å². The van der Waals surface area contributed by atoms with E-state index in [2.05, 4.69) is 13.0 Å². The van der Waals surface area contributed by atoms with Gasteiger partial charge >= 0.3 is 0 Å². The Hall–Kier alpha value is -2.29. The summed E-state index contributed by atoms with van der Waals surface area (Å²) >= 11 is 0. The fourth-order valence-corrected chi connectivity index (χ4v) is 2.65. The van der Waals surface area contributed by atoms with Crippen molar-refractivity contribution >= 4 is 11.5 Å². The van der Waals surface area contributed by atoms with Gasteiger partial charge in [0, 0.05) is 5.56 Å². The van der Waals surface area contributed by atoms with E-state index >= 15 is 0 Å². The lowest BCUT2D eigenvalue weighted by Crippen LogP contribution is -2.28. The third-order valence-electron chi connectivity index (χ3n) is 4.14. The van der Waals surface area contributed by atoms with Crippen LogP contribution in [0.25, 0.3) is 0 Å². The summed E-state index contributed by atoms with van der Waals surface area (Å²) in [6, 6.07) is 11.3. The van der Waals surface area contributed by atoms with Crippen molar-refractivity contribution < 1.29 is 9.53 Å². The van der Waals surface area contributed by atoms with E-state index < -0.39 is 6.10 Å². The van der Waals surface area contributed by atoms with Gasteiger partial charge in [0.25, 0.3) is 0 Å². The molecule has 0 heterocycles. The predicted octanol–water partition coefficient (Wildman–Crippen LogP) is 4.62. The first-order valence-electron chi connectivity index (χ1n) is 8.07. The van der Waals surface area contributed by atoms with Gasteiger partial charge in [-0.1, -0.05) is 31.5 Å². The largest absolute Gasteiger partial charge is 0.480 e. The second-order valence-electron chi connectivity index (χ2n) is 6.05. The second-order valence-corrected chi connectivity index (χ2v) is 6.05. The van der Waals surface area contributed by atoms with Gasteiger partial charge in [0.15, 0.2) is 6.10 Å². The molecule has 0 bridgehead atoms. The van der Waals surface area contributed by atoms with Crippen LogP contribution in [0, 0.1) is 20.8 Å². The molecule has 0 aromatic heterocycles. The molecule has 3 nitrogen and oxygen atoms in total. The van der Waals surface area contributed by atoms with E-state index in [9.17, 15) is 4.79 Å². The van der Waals surface area contributed by atoms with Gasteiger partial charge in [-0.05, 0) is 62.1 Å². The van der Waals surface area contributed by atoms with E-state index in [0.29, 0.717) is 17.9 Å². The van der Waals surface area contributed by atoms with Crippen molar-refractivity contribution in [2.75, 3.05) is 5.73 Å². The topological polar surface area (TPSA) is 52.3 Å². The van der Waals surface area contributed by atoms with Crippen LogP contribution in [-0.2, 0) is 0 Å². The fourth-order valence-electron chi connectivity index (χ4n) is 2.65. The zero-order valence-electron chi connectivity index (χ0n) is 14.3. The number of carbonyl (C=O) groups is 1. The molecule has 2 aromatic rings. The number of carbonyl (C=O) groups excluding carboxylic acids is 1. The minimum atomic E-state index is -0.509. The molecule has 0 spiro atoms. The molecule has 0 aliphatic rings. The molecule has 0 saturated heterocycles. The molecule has 1 unspecified atom stereocenters. The third-order valence-corrected chi connectivity index (χ3v) is 4.14. The molecule has 0 aliphatic heterocycles. The van der Waals surface area contributed by atoms with Crippen molar-refractivity contribution in [3.8, 4) is 5.75 Å². The quantitative estimate of drug-likeness (QED) is 0.625. The average molecular weight is 311 g/mol. The van der Waals surface area contributed by atoms with E-state index in [4.69, 9.17) is 10.5 Å². The first-order chi connectivity index (χ1) is 10.9. The van der Waals surface area contributed by atoms with E-state index in [0.717, 1.165) is 23.1 Å². The summed E-state index contributed by atoms with van der Waals surface area (Å²) in [7, 11) is 0. The van der Waals surface area contributed by atoms with Crippen LogP contribution < -0.4 is 10.5 Å². The number of para-hydroxylation sites is 2. The van der Waals surface area contributed by atoms with Crippen LogP contribution in [-0.4, -0.2) is 11.9 Å². The number of hydrogen-bond donors (Lipinski definition) is 1. The van der Waals surface area contributed by atoms with Crippen molar-refractivity contribution in [3.05, 3.63) is 58.7 Å². The second kappa shape index (κ2) is 7.32. The minimum absolute atomic E-state index is 0.0238. The lowest BCUT2D eigenvalue weighted by molar-refractivity contribution is 0.0778. The van der Waals surface area contributed by atoms with E-state index in [1.807, 2.05) is 39.0 Å². The average Bonchev–Trinajstić information content (AvgIpc) is 2.52. The normalized spacial score (nSPS) is 12.0. The zero-order chi connectivity index (χ0) is 17.0. The molecule has 0 saturated carbocycles. The summed E-state index contributed by atoms with van der Waals surface area (Å²) in [4.78, 5) is 13.0. The van der Waals surface area contributed by atoms with Gasteiger partial charge < -0.3 is 10.5 Å². The predicted molar refractivity (Wildman–Crippen MR) is 95.2 cm³/mol. The van der Waals surface area contributed by atoms with Crippen LogP contribution in [0.15, 0.2) is 36.4 Å². The van der Waals surface area contributed by atoms with Gasteiger partial charge in [-0.15, -0.1) is 0 Å². The molecular weight excluding hydrogens is 286 g/mol. The Labute approximate surface area is 138 Å². The maximum atomic E-state index is 13.0. The van der Waals surface area contributed by atoms with Gasteiger partial charge in [-0.25, -0.2) is 0 Å². The molecule has 122 valence electrons. The summed E-state index contributed by atoms with van der Waals surface area (Å²) in [5, 5.41) is 0. The molecule has 23 heavy (non-hydrogen) atoms. The number of hydrogen-bond acceptors (Lipinski definition) is 3. The third kappa shape index (κ3) is 3.92. The van der Waals surface area contributed by atoms with Gasteiger partial charge in [-0.2, -0.15) is 0 Å². The first kappa shape index (κ1) is 17.1. The Morgan fingerprint density at radius 3 is 2.39 bits per heavy atom. The van der Waals surface area contributed by atoms with E-state index in [1.165, 1.54) is 5.56 Å². The Morgan fingerprint density at radius 2 is 1.74 bits per heavy atom. The Bertz CT molecular complexity index is 707. The maximum absolute atomic E-state index is 13.0. The molecule has 2 aromatic carbocycles. The number of ether oxygens (including phenoxy) is 1. The van der Waals surface area contributed by atoms with Gasteiger partial charge in [0.05, 0.1) is 5.69 Å². The van der Waals surface area contributed by atoms with Crippen molar-refractivity contribution in [2.24, 2.45) is 0 Å². The monoisotopic (exact) mass is 311 g/mol. The lowest BCUT2D eigenvalue weighted by Gasteiger charge is -2.20. The Kier molecular flexibility index (Phi) is 5.43. The molecule has 2 rings (SSSR count). The van der Waals surface area contributed by atoms with Gasteiger partial charge in [-0.3, -0.25) is 4.79 Å². The first-order valence-corrected chi connectivity index (χ1v) is 8.07. The summed E-state index contributed by atoms with van der Waals surface area (Å²) in [6.07, 6.45) is 1.03. The highest BCUT2D eigenvalue weighted by Crippen LogP contribution is 2.25. The molecule has 0 amide bonds. The van der Waals surface area contributed by atoms with Crippen LogP contribution in [0.5, 0.6) is 5.75 Å². The Balaban J connectivity index is 2.32. The number of nitrogens with two attached hydrogens (primary N) is 1. The van der Waals surface area contributed by atoms with Crippen LogP contribution in [0.2, 0.25) is 0 Å². The molecule has 1 atom stereocenters. The number of benzene rings is 2. The van der Waals surface area contributed by atoms with E-state index in [1.54, 1.807) is 12.1 Å². The summed E-state index contributed by atoms with van der Waals surface area (Å²) in [5.41, 5.74) is 10.5. The number of anilines is 1. The summed E-state index contributed by atoms with van der Waals surface area (Å²) in [6.45, 7) is 8.10. The van der Waals surface area contributed by atoms with Crippen molar-refractivity contribution in [3.63, 3.8) is 0 Å². The van der Waals surface area contributed by atoms with Crippen LogP contribution in [0.1, 0.15) is 46.8 Å². The zero-order valence-corrected chi connectivity index (χ0v) is 14.3. The van der Waals surface area contributed by atoms with Crippen molar-refractivity contribution in [2.45, 2.75) is 46.6 Å². The SMILES string of the molecule is CCCC(Oc1ccccc1N)C(=O)c1cc(C)c(C)cc1C. The van der Waals surface area contributed by atoms with Crippen LogP contribution >= 0.6 is 0 Å². The van der Waals surface area contributed by atoms with Crippen molar-refractivity contribution in [1.82, 2.24) is 0 Å². The molecular formula is C20H25NO2. The maximum Gasteiger partial charge on any atom is 0.203 e. The number of ketones is 1. The Morgan fingerprint density at radius 1 is 1.09 bits per heavy atom. The number of Topliss-reactive ketones (excluding diaryl/α,β-unsaturated/α-hetero) is 1. The summed E-state index contributed by atoms with van der Waals surface area (Å²) < 4.78 is 5.95. The molecule has 0 radical (unpaired) electrons. The van der Waals surface area contributed by atoms with Gasteiger partial charge in [0.1, 0.15) is 5.75 Å². The highest BCUT2D eigenvalue weighted by Gasteiger charge is 2.23. The van der Waals surface area contributed by atoms with Gasteiger partial charge in [0.2, 0.25) is 5.78 Å². The van der Waals surface area contributed by atoms with E-state index in [-0.39, 0.29) is 5.78 Å². The molecule has 2 N–H and O–H groups in total. The molecule has 3 heteroatoms. The smallest absolute Gasteiger partial charge is 0.203 e. The van der Waals surface area contributed by atoms with Crippen LogP contribution in [0.3, 0.4) is 0 Å².